The van der Waals surface area contributed by atoms with Gasteiger partial charge in [-0.2, -0.15) is 0 Å². The number of aromatic hydroxyl groups is 1. The number of amides is 1. The van der Waals surface area contributed by atoms with E-state index in [2.05, 4.69) is 21.2 Å². The Kier molecular flexibility index (Phi) is 4.44. The zero-order valence-electron chi connectivity index (χ0n) is 9.92. The van der Waals surface area contributed by atoms with Crippen LogP contribution in [0.5, 0.6) is 5.75 Å². The molecule has 0 aromatic heterocycles. The molecule has 0 bridgehead atoms. The topological polar surface area (TPSA) is 49.3 Å². The summed E-state index contributed by atoms with van der Waals surface area (Å²) in [6, 6.07) is 4.74. The number of nitrogens with one attached hydrogen (secondary N) is 1. The summed E-state index contributed by atoms with van der Waals surface area (Å²) in [5.41, 5.74) is -0.309. The Morgan fingerprint density at radius 3 is 2.59 bits per heavy atom. The molecule has 0 aliphatic rings. The van der Waals surface area contributed by atoms with Crippen molar-refractivity contribution in [3.63, 3.8) is 0 Å². The number of benzene rings is 1. The van der Waals surface area contributed by atoms with Crippen molar-refractivity contribution < 1.29 is 9.90 Å². The minimum absolute atomic E-state index is 0.0603. The fourth-order valence-electron chi connectivity index (χ4n) is 1.16. The molecule has 0 aliphatic carbocycles. The lowest BCUT2D eigenvalue weighted by Crippen LogP contribution is -2.49. The van der Waals surface area contributed by atoms with Crippen LogP contribution in [0.1, 0.15) is 31.1 Å². The Morgan fingerprint density at radius 2 is 2.12 bits per heavy atom. The number of halogens is 2. The highest BCUT2D eigenvalue weighted by Gasteiger charge is 2.27. The molecule has 1 aromatic rings. The summed E-state index contributed by atoms with van der Waals surface area (Å²) in [5, 5.41) is 12.2. The second-order valence-corrected chi connectivity index (χ2v) is 6.02. The average Bonchev–Trinajstić information content (AvgIpc) is 2.15. The highest BCUT2D eigenvalue weighted by molar-refractivity contribution is 9.10. The van der Waals surface area contributed by atoms with Gasteiger partial charge in [-0.15, -0.1) is 11.6 Å². The smallest absolute Gasteiger partial charge is 0.255 e. The van der Waals surface area contributed by atoms with Crippen LogP contribution in [0, 0.1) is 0 Å². The third-order valence-electron chi connectivity index (χ3n) is 2.63. The van der Waals surface area contributed by atoms with E-state index in [1.807, 2.05) is 20.8 Å². The molecule has 0 saturated carbocycles. The van der Waals surface area contributed by atoms with Crippen molar-refractivity contribution >= 4 is 33.4 Å². The summed E-state index contributed by atoms with van der Waals surface area (Å²) in [6.07, 6.45) is 0. The van der Waals surface area contributed by atoms with Crippen molar-refractivity contribution in [3.8, 4) is 5.75 Å². The molecule has 0 radical (unpaired) electrons. The molecule has 1 atom stereocenters. The number of phenolic OH excluding ortho intramolecular Hbond substituents is 1. The Balaban J connectivity index is 2.91. The second-order valence-electron chi connectivity index (χ2n) is 4.45. The van der Waals surface area contributed by atoms with Crippen LogP contribution in [0.4, 0.5) is 0 Å². The maximum absolute atomic E-state index is 12.0. The first-order chi connectivity index (χ1) is 7.74. The van der Waals surface area contributed by atoms with Gasteiger partial charge in [0.25, 0.3) is 5.91 Å². The monoisotopic (exact) mass is 319 g/mol. The van der Waals surface area contributed by atoms with E-state index in [1.165, 1.54) is 6.07 Å². The van der Waals surface area contributed by atoms with Crippen molar-refractivity contribution in [1.82, 2.24) is 5.32 Å². The number of hydrogen-bond acceptors (Lipinski definition) is 2. The molecule has 1 aromatic carbocycles. The Bertz CT molecular complexity index is 433. The Morgan fingerprint density at radius 1 is 1.53 bits per heavy atom. The maximum atomic E-state index is 12.0. The van der Waals surface area contributed by atoms with Gasteiger partial charge in [0.05, 0.1) is 16.5 Å². The number of rotatable bonds is 3. The maximum Gasteiger partial charge on any atom is 0.255 e. The van der Waals surface area contributed by atoms with Gasteiger partial charge in [-0.3, -0.25) is 4.79 Å². The molecule has 1 unspecified atom stereocenters. The molecule has 1 rings (SSSR count). The molecular weight excluding hydrogens is 305 g/mol. The molecule has 2 N–H and O–H groups in total. The van der Waals surface area contributed by atoms with Crippen molar-refractivity contribution in [2.24, 2.45) is 0 Å². The van der Waals surface area contributed by atoms with E-state index in [0.29, 0.717) is 0 Å². The fourth-order valence-corrected chi connectivity index (χ4v) is 1.56. The van der Waals surface area contributed by atoms with Gasteiger partial charge in [-0.25, -0.2) is 0 Å². The number of carbonyl (C=O) groups excluding carboxylic acids is 1. The summed E-state index contributed by atoms with van der Waals surface area (Å²) in [7, 11) is 0. The standard InChI is InChI=1S/C12H15BrClNO2/c1-7(14)12(2,3)15-11(17)9-5-4-8(13)6-10(9)16/h4-7,16H,1-3H3,(H,15,17). The van der Waals surface area contributed by atoms with Crippen molar-refractivity contribution in [1.29, 1.82) is 0 Å². The fraction of sp³-hybridized carbons (Fsp3) is 0.417. The molecule has 17 heavy (non-hydrogen) atoms. The summed E-state index contributed by atoms with van der Waals surface area (Å²) in [6.45, 7) is 5.47. The van der Waals surface area contributed by atoms with Crippen LogP contribution in [0.25, 0.3) is 0 Å². The molecule has 94 valence electrons. The van der Waals surface area contributed by atoms with Crippen LogP contribution in [0.3, 0.4) is 0 Å². The largest absolute Gasteiger partial charge is 0.507 e. The molecule has 1 amide bonds. The normalized spacial score (nSPS) is 13.2. The highest BCUT2D eigenvalue weighted by atomic mass is 79.9. The van der Waals surface area contributed by atoms with Crippen molar-refractivity contribution in [2.45, 2.75) is 31.7 Å². The first-order valence-electron chi connectivity index (χ1n) is 5.19. The molecule has 0 aliphatic heterocycles. The predicted octanol–water partition coefficient (Wildman–Crippen LogP) is 3.29. The van der Waals surface area contributed by atoms with Gasteiger partial charge >= 0.3 is 0 Å². The van der Waals surface area contributed by atoms with Gasteiger partial charge in [0, 0.05) is 4.47 Å². The zero-order chi connectivity index (χ0) is 13.2. The summed E-state index contributed by atoms with van der Waals surface area (Å²) < 4.78 is 0.719. The van der Waals surface area contributed by atoms with Crippen molar-refractivity contribution in [2.75, 3.05) is 0 Å². The van der Waals surface area contributed by atoms with Crippen LogP contribution < -0.4 is 5.32 Å². The SMILES string of the molecule is CC(Cl)C(C)(C)NC(=O)c1ccc(Br)cc1O. The lowest BCUT2D eigenvalue weighted by molar-refractivity contribution is 0.0909. The van der Waals surface area contributed by atoms with E-state index in [-0.39, 0.29) is 22.6 Å². The minimum Gasteiger partial charge on any atom is -0.507 e. The highest BCUT2D eigenvalue weighted by Crippen LogP contribution is 2.23. The molecule has 0 saturated heterocycles. The molecule has 0 spiro atoms. The predicted molar refractivity (Wildman–Crippen MR) is 72.7 cm³/mol. The summed E-state index contributed by atoms with van der Waals surface area (Å²) in [5.74, 6) is -0.401. The van der Waals surface area contributed by atoms with Crippen LogP contribution in [-0.4, -0.2) is 21.9 Å². The number of phenols is 1. The zero-order valence-corrected chi connectivity index (χ0v) is 12.3. The van der Waals surface area contributed by atoms with Crippen LogP contribution in [0.15, 0.2) is 22.7 Å². The molecule has 0 heterocycles. The number of hydrogen-bond donors (Lipinski definition) is 2. The number of carbonyl (C=O) groups is 1. The third kappa shape index (κ3) is 3.61. The second kappa shape index (κ2) is 5.27. The van der Waals surface area contributed by atoms with Gasteiger partial charge in [0.2, 0.25) is 0 Å². The Labute approximate surface area is 114 Å². The first-order valence-corrected chi connectivity index (χ1v) is 6.42. The average molecular weight is 321 g/mol. The van der Waals surface area contributed by atoms with E-state index in [9.17, 15) is 9.90 Å². The van der Waals surface area contributed by atoms with Gasteiger partial charge in [-0.1, -0.05) is 15.9 Å². The van der Waals surface area contributed by atoms with Crippen LogP contribution >= 0.6 is 27.5 Å². The summed E-state index contributed by atoms with van der Waals surface area (Å²) in [4.78, 5) is 12.0. The van der Waals surface area contributed by atoms with Gasteiger partial charge in [0.1, 0.15) is 5.75 Å². The first kappa shape index (κ1) is 14.3. The lowest BCUT2D eigenvalue weighted by atomic mass is 10.0. The molecular formula is C12H15BrClNO2. The summed E-state index contributed by atoms with van der Waals surface area (Å²) >= 11 is 9.20. The van der Waals surface area contributed by atoms with Gasteiger partial charge < -0.3 is 10.4 Å². The van der Waals surface area contributed by atoms with E-state index in [4.69, 9.17) is 11.6 Å². The third-order valence-corrected chi connectivity index (χ3v) is 3.67. The van der Waals surface area contributed by atoms with Crippen LogP contribution in [-0.2, 0) is 0 Å². The van der Waals surface area contributed by atoms with E-state index < -0.39 is 5.54 Å². The number of alkyl halides is 1. The molecule has 5 heteroatoms. The van der Waals surface area contributed by atoms with Gasteiger partial charge in [-0.05, 0) is 39.0 Å². The quantitative estimate of drug-likeness (QED) is 0.840. The van der Waals surface area contributed by atoms with E-state index in [0.717, 1.165) is 4.47 Å². The lowest BCUT2D eigenvalue weighted by Gasteiger charge is -2.29. The van der Waals surface area contributed by atoms with Gasteiger partial charge in [0.15, 0.2) is 0 Å². The van der Waals surface area contributed by atoms with E-state index in [1.54, 1.807) is 12.1 Å². The molecule has 3 nitrogen and oxygen atoms in total. The minimum atomic E-state index is -0.543. The van der Waals surface area contributed by atoms with E-state index >= 15 is 0 Å². The molecule has 0 fully saturated rings. The Hall–Kier alpha value is -0.740. The van der Waals surface area contributed by atoms with Crippen molar-refractivity contribution in [3.05, 3.63) is 28.2 Å². The van der Waals surface area contributed by atoms with Crippen LogP contribution in [0.2, 0.25) is 0 Å².